The summed E-state index contributed by atoms with van der Waals surface area (Å²) in [6, 6.07) is 3.87. The molecule has 0 aromatic carbocycles. The summed E-state index contributed by atoms with van der Waals surface area (Å²) < 4.78 is 19.8. The molecule has 0 aliphatic carbocycles. The van der Waals surface area contributed by atoms with E-state index in [0.717, 1.165) is 25.1 Å². The third-order valence-electron chi connectivity index (χ3n) is 3.57. The van der Waals surface area contributed by atoms with Crippen LogP contribution in [0.2, 0.25) is 0 Å². The Balaban J connectivity index is 1.97. The molecule has 2 aromatic rings. The third-order valence-corrected chi connectivity index (χ3v) is 3.57. The lowest BCUT2D eigenvalue weighted by Crippen LogP contribution is -2.25. The average molecular weight is 261 g/mol. The lowest BCUT2D eigenvalue weighted by molar-refractivity contribution is 0.461. The molecule has 4 nitrogen and oxygen atoms in total. The van der Waals surface area contributed by atoms with Crippen LogP contribution in [0.1, 0.15) is 37.3 Å². The summed E-state index contributed by atoms with van der Waals surface area (Å²) in [4.78, 5) is 10.1. The van der Waals surface area contributed by atoms with Gasteiger partial charge in [0.1, 0.15) is 12.1 Å². The van der Waals surface area contributed by atoms with E-state index >= 15 is 0 Å². The number of hydrogen-bond acceptors (Lipinski definition) is 4. The molecule has 0 radical (unpaired) electrons. The van der Waals surface area contributed by atoms with E-state index in [0.29, 0.717) is 17.9 Å². The van der Waals surface area contributed by atoms with Gasteiger partial charge in [0.2, 0.25) is 0 Å². The predicted molar refractivity (Wildman–Crippen MR) is 69.4 cm³/mol. The van der Waals surface area contributed by atoms with Gasteiger partial charge in [-0.25, -0.2) is 14.4 Å². The maximum Gasteiger partial charge on any atom is 0.187 e. The first kappa shape index (κ1) is 12.1. The van der Waals surface area contributed by atoms with Gasteiger partial charge in [-0.1, -0.05) is 6.92 Å². The Morgan fingerprint density at radius 3 is 3.11 bits per heavy atom. The Morgan fingerprint density at radius 2 is 2.37 bits per heavy atom. The van der Waals surface area contributed by atoms with E-state index in [4.69, 9.17) is 4.42 Å². The zero-order valence-corrected chi connectivity index (χ0v) is 10.8. The molecule has 1 aliphatic rings. The fraction of sp³-hybridized carbons (Fsp3) is 0.429. The highest BCUT2D eigenvalue weighted by Gasteiger charge is 2.31. The molecule has 0 unspecified atom stereocenters. The van der Waals surface area contributed by atoms with E-state index in [1.807, 2.05) is 24.0 Å². The van der Waals surface area contributed by atoms with E-state index in [9.17, 15) is 4.39 Å². The van der Waals surface area contributed by atoms with E-state index in [1.165, 1.54) is 6.33 Å². The summed E-state index contributed by atoms with van der Waals surface area (Å²) in [5, 5.41) is 0. The lowest BCUT2D eigenvalue weighted by atomic mass is 10.1. The first-order valence-electron chi connectivity index (χ1n) is 6.60. The number of aryl methyl sites for hydroxylation is 1. The Hall–Kier alpha value is -1.91. The Morgan fingerprint density at radius 1 is 1.47 bits per heavy atom. The van der Waals surface area contributed by atoms with Gasteiger partial charge in [-0.3, -0.25) is 0 Å². The van der Waals surface area contributed by atoms with Gasteiger partial charge in [-0.05, 0) is 31.4 Å². The summed E-state index contributed by atoms with van der Waals surface area (Å²) in [5.74, 6) is 0.961. The van der Waals surface area contributed by atoms with Crippen molar-refractivity contribution in [2.45, 2.75) is 32.2 Å². The Bertz CT molecular complexity index is 556. The zero-order chi connectivity index (χ0) is 13.2. The maximum absolute atomic E-state index is 14.3. The van der Waals surface area contributed by atoms with Crippen LogP contribution in [0.15, 0.2) is 29.1 Å². The molecule has 1 aliphatic heterocycles. The first-order valence-corrected chi connectivity index (χ1v) is 6.60. The van der Waals surface area contributed by atoms with Crippen LogP contribution in [0.3, 0.4) is 0 Å². The van der Waals surface area contributed by atoms with Crippen LogP contribution in [0.25, 0.3) is 0 Å². The molecule has 1 atom stereocenters. The van der Waals surface area contributed by atoms with Crippen LogP contribution >= 0.6 is 0 Å². The van der Waals surface area contributed by atoms with E-state index in [-0.39, 0.29) is 11.9 Å². The minimum absolute atomic E-state index is 0.0732. The van der Waals surface area contributed by atoms with Crippen molar-refractivity contribution in [1.29, 1.82) is 0 Å². The van der Waals surface area contributed by atoms with Gasteiger partial charge in [0.25, 0.3) is 0 Å². The minimum atomic E-state index is -0.302. The van der Waals surface area contributed by atoms with Crippen LogP contribution in [0.4, 0.5) is 10.2 Å². The molecule has 0 amide bonds. The number of rotatable bonds is 3. The number of nitrogens with zero attached hydrogens (tertiary/aromatic N) is 3. The number of anilines is 1. The predicted octanol–water partition coefficient (Wildman–Crippen LogP) is 3.11. The summed E-state index contributed by atoms with van der Waals surface area (Å²) in [6.45, 7) is 2.69. The average Bonchev–Trinajstić information content (AvgIpc) is 3.09. The van der Waals surface area contributed by atoms with Crippen LogP contribution in [-0.4, -0.2) is 16.5 Å². The van der Waals surface area contributed by atoms with Gasteiger partial charge >= 0.3 is 0 Å². The van der Waals surface area contributed by atoms with Crippen LogP contribution in [0.5, 0.6) is 0 Å². The number of aromatic nitrogens is 2. The van der Waals surface area contributed by atoms with Crippen LogP contribution in [0, 0.1) is 5.82 Å². The smallest absolute Gasteiger partial charge is 0.187 e. The maximum atomic E-state index is 14.3. The summed E-state index contributed by atoms with van der Waals surface area (Å²) >= 11 is 0. The molecule has 1 fully saturated rings. The van der Waals surface area contributed by atoms with Crippen molar-refractivity contribution in [3.63, 3.8) is 0 Å². The molecule has 3 heterocycles. The molecule has 0 saturated carbocycles. The summed E-state index contributed by atoms with van der Waals surface area (Å²) in [6.07, 6.45) is 5.63. The van der Waals surface area contributed by atoms with E-state index in [1.54, 1.807) is 6.26 Å². The second-order valence-corrected chi connectivity index (χ2v) is 4.68. The molecule has 1 saturated heterocycles. The van der Waals surface area contributed by atoms with Gasteiger partial charge in [0.05, 0.1) is 18.0 Å². The standard InChI is InChI=1S/C14H16FN3O/c1-2-10-13(15)14(17-9-16-10)18-7-3-5-11(18)12-6-4-8-19-12/h4,6,8-9,11H,2-3,5,7H2,1H3/t11-/m1/s1. The van der Waals surface area contributed by atoms with Crippen LogP contribution in [-0.2, 0) is 6.42 Å². The van der Waals surface area contributed by atoms with Crippen molar-refractivity contribution in [3.8, 4) is 0 Å². The second-order valence-electron chi connectivity index (χ2n) is 4.68. The van der Waals surface area contributed by atoms with E-state index < -0.39 is 0 Å². The van der Waals surface area contributed by atoms with Crippen molar-refractivity contribution < 1.29 is 8.81 Å². The number of furan rings is 1. The topological polar surface area (TPSA) is 42.2 Å². The SMILES string of the molecule is CCc1ncnc(N2CCC[C@@H]2c2ccco2)c1F. The third kappa shape index (κ3) is 2.09. The van der Waals surface area contributed by atoms with Gasteiger partial charge in [0.15, 0.2) is 11.6 Å². The fourth-order valence-electron chi connectivity index (χ4n) is 2.64. The molecule has 0 spiro atoms. The highest BCUT2D eigenvalue weighted by molar-refractivity contribution is 5.44. The molecular weight excluding hydrogens is 245 g/mol. The summed E-state index contributed by atoms with van der Waals surface area (Å²) in [7, 11) is 0. The monoisotopic (exact) mass is 261 g/mol. The van der Waals surface area contributed by atoms with Gasteiger partial charge in [-0.2, -0.15) is 0 Å². The molecule has 0 bridgehead atoms. The highest BCUT2D eigenvalue weighted by Crippen LogP contribution is 2.36. The van der Waals surface area contributed by atoms with Crippen LogP contribution < -0.4 is 4.90 Å². The second kappa shape index (κ2) is 4.99. The van der Waals surface area contributed by atoms with Gasteiger partial charge < -0.3 is 9.32 Å². The van der Waals surface area contributed by atoms with Gasteiger partial charge in [-0.15, -0.1) is 0 Å². The Labute approximate surface area is 111 Å². The molecular formula is C14H16FN3O. The molecule has 0 N–H and O–H groups in total. The lowest BCUT2D eigenvalue weighted by Gasteiger charge is -2.24. The van der Waals surface area contributed by atoms with Crippen molar-refractivity contribution in [3.05, 3.63) is 42.0 Å². The highest BCUT2D eigenvalue weighted by atomic mass is 19.1. The fourth-order valence-corrected chi connectivity index (χ4v) is 2.64. The largest absolute Gasteiger partial charge is 0.467 e. The first-order chi connectivity index (χ1) is 9.31. The number of halogens is 1. The number of hydrogen-bond donors (Lipinski definition) is 0. The minimum Gasteiger partial charge on any atom is -0.467 e. The van der Waals surface area contributed by atoms with Crippen molar-refractivity contribution in [2.24, 2.45) is 0 Å². The van der Waals surface area contributed by atoms with Crippen molar-refractivity contribution >= 4 is 5.82 Å². The molecule has 2 aromatic heterocycles. The molecule has 100 valence electrons. The quantitative estimate of drug-likeness (QED) is 0.851. The van der Waals surface area contributed by atoms with Gasteiger partial charge in [0, 0.05) is 6.54 Å². The molecule has 5 heteroatoms. The normalized spacial score (nSPS) is 19.1. The molecule has 19 heavy (non-hydrogen) atoms. The Kier molecular flexibility index (Phi) is 3.19. The zero-order valence-electron chi connectivity index (χ0n) is 10.8. The summed E-state index contributed by atoms with van der Waals surface area (Å²) in [5.41, 5.74) is 0.468. The van der Waals surface area contributed by atoms with Crippen molar-refractivity contribution in [1.82, 2.24) is 9.97 Å². The van der Waals surface area contributed by atoms with Crippen molar-refractivity contribution in [2.75, 3.05) is 11.4 Å². The van der Waals surface area contributed by atoms with E-state index in [2.05, 4.69) is 9.97 Å². The molecule has 3 rings (SSSR count).